The Bertz CT molecular complexity index is 405. The highest BCUT2D eigenvalue weighted by Gasteiger charge is 2.22. The lowest BCUT2D eigenvalue weighted by molar-refractivity contribution is 0.0520. The van der Waals surface area contributed by atoms with Gasteiger partial charge in [0.15, 0.2) is 10.8 Å². The van der Waals surface area contributed by atoms with Crippen molar-refractivity contribution in [3.63, 3.8) is 0 Å². The molecule has 1 aliphatic heterocycles. The molecule has 18 heavy (non-hydrogen) atoms. The van der Waals surface area contributed by atoms with Gasteiger partial charge in [-0.3, -0.25) is 0 Å². The van der Waals surface area contributed by atoms with Crippen molar-refractivity contribution < 1.29 is 9.53 Å². The monoisotopic (exact) mass is 268 g/mol. The second-order valence-electron chi connectivity index (χ2n) is 4.60. The molecule has 1 unspecified atom stereocenters. The lowest BCUT2D eigenvalue weighted by atomic mass is 9.96. The highest BCUT2D eigenvalue weighted by Crippen LogP contribution is 2.27. The minimum atomic E-state index is -0.316. The van der Waals surface area contributed by atoms with Crippen LogP contribution in [-0.2, 0) is 4.74 Å². The topological polar surface area (TPSA) is 42.4 Å². The molecule has 0 spiro atoms. The molecule has 2 rings (SSSR count). The van der Waals surface area contributed by atoms with Gasteiger partial charge in [-0.25, -0.2) is 9.78 Å². The Morgan fingerprint density at radius 3 is 3.17 bits per heavy atom. The molecule has 100 valence electrons. The lowest BCUT2D eigenvalue weighted by Gasteiger charge is -2.31. The van der Waals surface area contributed by atoms with E-state index in [4.69, 9.17) is 4.74 Å². The van der Waals surface area contributed by atoms with E-state index >= 15 is 0 Å². The molecular formula is C13H20N2O2S. The molecule has 5 heteroatoms. The zero-order valence-corrected chi connectivity index (χ0v) is 11.8. The van der Waals surface area contributed by atoms with Crippen molar-refractivity contribution in [3.05, 3.63) is 11.1 Å². The Kier molecular flexibility index (Phi) is 4.58. The first-order chi connectivity index (χ1) is 8.74. The van der Waals surface area contributed by atoms with Crippen LogP contribution in [0.15, 0.2) is 5.38 Å². The SMILES string of the molecule is CCOC(=O)c1csc(N2CCCC(CC)C2)n1. The molecular weight excluding hydrogens is 248 g/mol. The number of carbonyl (C=O) groups is 1. The van der Waals surface area contributed by atoms with E-state index in [0.717, 1.165) is 24.1 Å². The van der Waals surface area contributed by atoms with E-state index in [1.807, 2.05) is 6.92 Å². The molecule has 1 saturated heterocycles. The van der Waals surface area contributed by atoms with Crippen LogP contribution in [0.2, 0.25) is 0 Å². The van der Waals surface area contributed by atoms with Crippen LogP contribution in [0.25, 0.3) is 0 Å². The van der Waals surface area contributed by atoms with Gasteiger partial charge in [-0.05, 0) is 25.7 Å². The third kappa shape index (κ3) is 3.02. The molecule has 0 amide bonds. The van der Waals surface area contributed by atoms with Gasteiger partial charge in [0, 0.05) is 18.5 Å². The van der Waals surface area contributed by atoms with Crippen LogP contribution >= 0.6 is 11.3 Å². The summed E-state index contributed by atoms with van der Waals surface area (Å²) in [6, 6.07) is 0. The molecule has 0 saturated carbocycles. The maximum Gasteiger partial charge on any atom is 0.357 e. The molecule has 0 aliphatic carbocycles. The second kappa shape index (κ2) is 6.18. The molecule has 1 aliphatic rings. The smallest absolute Gasteiger partial charge is 0.357 e. The van der Waals surface area contributed by atoms with Gasteiger partial charge in [0.05, 0.1) is 6.61 Å². The van der Waals surface area contributed by atoms with Crippen molar-refractivity contribution in [2.45, 2.75) is 33.1 Å². The van der Waals surface area contributed by atoms with Crippen LogP contribution in [0.5, 0.6) is 0 Å². The van der Waals surface area contributed by atoms with E-state index in [1.54, 1.807) is 5.38 Å². The standard InChI is InChI=1S/C13H20N2O2S/c1-3-10-6-5-7-15(8-10)13-14-11(9-18-13)12(16)17-4-2/h9-10H,3-8H2,1-2H3. The van der Waals surface area contributed by atoms with Crippen LogP contribution < -0.4 is 4.90 Å². The van der Waals surface area contributed by atoms with Crippen molar-refractivity contribution in [1.29, 1.82) is 0 Å². The van der Waals surface area contributed by atoms with Gasteiger partial charge >= 0.3 is 5.97 Å². The van der Waals surface area contributed by atoms with Crippen LogP contribution in [0.4, 0.5) is 5.13 Å². The molecule has 1 atom stereocenters. The number of hydrogen-bond acceptors (Lipinski definition) is 5. The highest BCUT2D eigenvalue weighted by molar-refractivity contribution is 7.13. The first-order valence-corrected chi connectivity index (χ1v) is 7.50. The van der Waals surface area contributed by atoms with Gasteiger partial charge in [0.25, 0.3) is 0 Å². The number of anilines is 1. The first-order valence-electron chi connectivity index (χ1n) is 6.62. The first kappa shape index (κ1) is 13.3. The van der Waals surface area contributed by atoms with Gasteiger partial charge < -0.3 is 9.64 Å². The summed E-state index contributed by atoms with van der Waals surface area (Å²) in [5, 5.41) is 2.75. The largest absolute Gasteiger partial charge is 0.461 e. The maximum atomic E-state index is 11.6. The number of rotatable bonds is 4. The van der Waals surface area contributed by atoms with Crippen LogP contribution in [0, 0.1) is 5.92 Å². The van der Waals surface area contributed by atoms with E-state index in [9.17, 15) is 4.79 Å². The molecule has 4 nitrogen and oxygen atoms in total. The lowest BCUT2D eigenvalue weighted by Crippen LogP contribution is -2.35. The van der Waals surface area contributed by atoms with E-state index in [1.165, 1.54) is 30.6 Å². The van der Waals surface area contributed by atoms with Crippen LogP contribution in [0.1, 0.15) is 43.6 Å². The normalized spacial score (nSPS) is 19.9. The zero-order chi connectivity index (χ0) is 13.0. The van der Waals surface area contributed by atoms with Crippen molar-refractivity contribution in [3.8, 4) is 0 Å². The third-order valence-corrected chi connectivity index (χ3v) is 4.24. The summed E-state index contributed by atoms with van der Waals surface area (Å²) in [5.74, 6) is 0.442. The number of piperidine rings is 1. The Morgan fingerprint density at radius 1 is 1.61 bits per heavy atom. The van der Waals surface area contributed by atoms with Gasteiger partial charge in [-0.15, -0.1) is 11.3 Å². The minimum absolute atomic E-state index is 0.316. The Hall–Kier alpha value is -1.10. The molecule has 1 fully saturated rings. The fourth-order valence-electron chi connectivity index (χ4n) is 2.28. The second-order valence-corrected chi connectivity index (χ2v) is 5.43. The average molecular weight is 268 g/mol. The van der Waals surface area contributed by atoms with Crippen LogP contribution in [0.3, 0.4) is 0 Å². The summed E-state index contributed by atoms with van der Waals surface area (Å²) < 4.78 is 4.96. The van der Waals surface area contributed by atoms with Crippen molar-refractivity contribution in [2.75, 3.05) is 24.6 Å². The molecule has 1 aromatic heterocycles. The minimum Gasteiger partial charge on any atom is -0.461 e. The number of ether oxygens (including phenoxy) is 1. The Morgan fingerprint density at radius 2 is 2.44 bits per heavy atom. The summed E-state index contributed by atoms with van der Waals surface area (Å²) in [6.45, 7) is 6.55. The fraction of sp³-hybridized carbons (Fsp3) is 0.692. The van der Waals surface area contributed by atoms with Crippen molar-refractivity contribution >= 4 is 22.4 Å². The summed E-state index contributed by atoms with van der Waals surface area (Å²) in [5.41, 5.74) is 0.440. The molecule has 0 bridgehead atoms. The average Bonchev–Trinajstić information content (AvgIpc) is 2.89. The number of thiazole rings is 1. The van der Waals surface area contributed by atoms with Crippen LogP contribution in [-0.4, -0.2) is 30.6 Å². The summed E-state index contributed by atoms with van der Waals surface area (Å²) in [6.07, 6.45) is 3.74. The quantitative estimate of drug-likeness (QED) is 0.787. The predicted octanol–water partition coefficient (Wildman–Crippen LogP) is 2.95. The Labute approximate surface area is 112 Å². The summed E-state index contributed by atoms with van der Waals surface area (Å²) in [7, 11) is 0. The van der Waals surface area contributed by atoms with Gasteiger partial charge in [0.1, 0.15) is 0 Å². The van der Waals surface area contributed by atoms with Crippen molar-refractivity contribution in [2.24, 2.45) is 5.92 Å². The fourth-order valence-corrected chi connectivity index (χ4v) is 3.11. The number of nitrogens with zero attached hydrogens (tertiary/aromatic N) is 2. The summed E-state index contributed by atoms with van der Waals surface area (Å²) >= 11 is 1.54. The van der Waals surface area contributed by atoms with Crippen molar-refractivity contribution in [1.82, 2.24) is 4.98 Å². The molecule has 0 aromatic carbocycles. The molecule has 0 N–H and O–H groups in total. The van der Waals surface area contributed by atoms with Gasteiger partial charge in [0.2, 0.25) is 0 Å². The number of hydrogen-bond donors (Lipinski definition) is 0. The highest BCUT2D eigenvalue weighted by atomic mass is 32.1. The number of aromatic nitrogens is 1. The maximum absolute atomic E-state index is 11.6. The summed E-state index contributed by atoms with van der Waals surface area (Å²) in [4.78, 5) is 18.3. The molecule has 2 heterocycles. The molecule has 0 radical (unpaired) electrons. The third-order valence-electron chi connectivity index (χ3n) is 3.34. The van der Waals surface area contributed by atoms with Gasteiger partial charge in [-0.1, -0.05) is 13.3 Å². The Balaban J connectivity index is 2.03. The van der Waals surface area contributed by atoms with Gasteiger partial charge in [-0.2, -0.15) is 0 Å². The van der Waals surface area contributed by atoms with E-state index in [-0.39, 0.29) is 5.97 Å². The number of carbonyl (C=O) groups excluding carboxylic acids is 1. The van der Waals surface area contributed by atoms with E-state index < -0.39 is 0 Å². The molecule has 1 aromatic rings. The predicted molar refractivity (Wildman–Crippen MR) is 73.3 cm³/mol. The van der Waals surface area contributed by atoms with E-state index in [2.05, 4.69) is 16.8 Å². The number of esters is 1. The zero-order valence-electron chi connectivity index (χ0n) is 11.0. The van der Waals surface area contributed by atoms with E-state index in [0.29, 0.717) is 12.3 Å².